The minimum atomic E-state index is -4.71. The highest BCUT2D eigenvalue weighted by Gasteiger charge is 2.36. The molecule has 104 valence electrons. The number of alkyl halides is 3. The zero-order valence-electron chi connectivity index (χ0n) is 10.1. The van der Waals surface area contributed by atoms with Crippen LogP contribution in [-0.4, -0.2) is 29.1 Å². The number of piperidine rings is 1. The maximum Gasteiger partial charge on any atom is 0.418 e. The van der Waals surface area contributed by atoms with Crippen LogP contribution in [0.15, 0.2) is 12.1 Å². The van der Waals surface area contributed by atoms with Crippen molar-refractivity contribution in [3.05, 3.63) is 23.4 Å². The Balaban J connectivity index is 2.38. The second-order valence-electron chi connectivity index (χ2n) is 4.42. The quantitative estimate of drug-likeness (QED) is 0.901. The molecule has 2 heterocycles. The summed E-state index contributed by atoms with van der Waals surface area (Å²) >= 11 is 0. The lowest BCUT2D eigenvalue weighted by atomic mass is 10.1. The van der Waals surface area contributed by atoms with E-state index in [2.05, 4.69) is 4.98 Å². The summed E-state index contributed by atoms with van der Waals surface area (Å²) in [5, 5.41) is 8.87. The van der Waals surface area contributed by atoms with Crippen molar-refractivity contribution in [2.45, 2.75) is 25.4 Å². The van der Waals surface area contributed by atoms with E-state index < -0.39 is 23.4 Å². The summed E-state index contributed by atoms with van der Waals surface area (Å²) in [5.74, 6) is -1.36. The van der Waals surface area contributed by atoms with Crippen LogP contribution in [-0.2, 0) is 6.18 Å². The highest BCUT2D eigenvalue weighted by atomic mass is 19.4. The van der Waals surface area contributed by atoms with Crippen molar-refractivity contribution in [1.29, 1.82) is 0 Å². The van der Waals surface area contributed by atoms with Gasteiger partial charge in [0.25, 0.3) is 0 Å². The van der Waals surface area contributed by atoms with Crippen LogP contribution in [0.25, 0.3) is 0 Å². The van der Waals surface area contributed by atoms with Gasteiger partial charge in [-0.15, -0.1) is 0 Å². The van der Waals surface area contributed by atoms with E-state index in [-0.39, 0.29) is 0 Å². The van der Waals surface area contributed by atoms with Gasteiger partial charge in [0.2, 0.25) is 0 Å². The molecule has 1 saturated heterocycles. The summed E-state index contributed by atoms with van der Waals surface area (Å²) in [7, 11) is 0. The van der Waals surface area contributed by atoms with Gasteiger partial charge in [-0.1, -0.05) is 0 Å². The average molecular weight is 274 g/mol. The van der Waals surface area contributed by atoms with Crippen molar-refractivity contribution in [1.82, 2.24) is 4.98 Å². The maximum atomic E-state index is 12.7. The number of nitrogens with zero attached hydrogens (tertiary/aromatic N) is 2. The van der Waals surface area contributed by atoms with Crippen molar-refractivity contribution in [2.75, 3.05) is 18.0 Å². The average Bonchev–Trinajstić information content (AvgIpc) is 2.38. The maximum absolute atomic E-state index is 12.7. The van der Waals surface area contributed by atoms with Gasteiger partial charge in [0.1, 0.15) is 5.82 Å². The van der Waals surface area contributed by atoms with Crippen LogP contribution in [0.1, 0.15) is 35.3 Å². The molecule has 1 aliphatic rings. The minimum absolute atomic E-state index is 0.296. The lowest BCUT2D eigenvalue weighted by Gasteiger charge is -2.28. The fraction of sp³-hybridized carbons (Fsp3) is 0.500. The van der Waals surface area contributed by atoms with E-state index in [9.17, 15) is 18.0 Å². The van der Waals surface area contributed by atoms with Crippen LogP contribution in [0.5, 0.6) is 0 Å². The molecule has 0 atom stereocenters. The predicted molar refractivity (Wildman–Crippen MR) is 62.3 cm³/mol. The second-order valence-corrected chi connectivity index (χ2v) is 4.42. The molecule has 0 aromatic carbocycles. The number of anilines is 1. The number of carboxylic acid groups (broad SMARTS) is 1. The number of pyridine rings is 1. The standard InChI is InChI=1S/C12H13F3N2O2/c13-12(14,15)8-4-5-9(16-10(8)11(18)19)17-6-2-1-3-7-17/h4-5H,1-3,6-7H2,(H,18,19). The number of aromatic carboxylic acids is 1. The summed E-state index contributed by atoms with van der Waals surface area (Å²) < 4.78 is 38.0. The Bertz CT molecular complexity index is 482. The van der Waals surface area contributed by atoms with Crippen molar-refractivity contribution in [3.8, 4) is 0 Å². The molecule has 0 bridgehead atoms. The van der Waals surface area contributed by atoms with Crippen molar-refractivity contribution in [3.63, 3.8) is 0 Å². The van der Waals surface area contributed by atoms with Gasteiger partial charge in [-0.05, 0) is 31.4 Å². The molecule has 0 amide bonds. The van der Waals surface area contributed by atoms with Gasteiger partial charge >= 0.3 is 12.1 Å². The highest BCUT2D eigenvalue weighted by Crippen LogP contribution is 2.32. The summed E-state index contributed by atoms with van der Waals surface area (Å²) in [5.41, 5.74) is -2.14. The fourth-order valence-corrected chi connectivity index (χ4v) is 2.14. The Kier molecular flexibility index (Phi) is 3.64. The van der Waals surface area contributed by atoms with Gasteiger partial charge < -0.3 is 10.0 Å². The van der Waals surface area contributed by atoms with Crippen molar-refractivity contribution < 1.29 is 23.1 Å². The number of halogens is 3. The minimum Gasteiger partial charge on any atom is -0.476 e. The molecule has 7 heteroatoms. The lowest BCUT2D eigenvalue weighted by Crippen LogP contribution is -2.31. The van der Waals surface area contributed by atoms with Crippen LogP contribution < -0.4 is 4.90 Å². The molecule has 2 rings (SSSR count). The molecule has 0 unspecified atom stereocenters. The first-order valence-corrected chi connectivity index (χ1v) is 5.96. The largest absolute Gasteiger partial charge is 0.476 e. The van der Waals surface area contributed by atoms with Gasteiger partial charge in [0, 0.05) is 13.1 Å². The SMILES string of the molecule is O=C(O)c1nc(N2CCCCC2)ccc1C(F)(F)F. The molecule has 0 saturated carbocycles. The summed E-state index contributed by atoms with van der Waals surface area (Å²) in [6.07, 6.45) is -1.76. The van der Waals surface area contributed by atoms with Crippen LogP contribution in [0.4, 0.5) is 19.0 Å². The number of hydrogen-bond acceptors (Lipinski definition) is 3. The molecular formula is C12H13F3N2O2. The Hall–Kier alpha value is -1.79. The van der Waals surface area contributed by atoms with Crippen LogP contribution >= 0.6 is 0 Å². The molecule has 4 nitrogen and oxygen atoms in total. The summed E-state index contributed by atoms with van der Waals surface area (Å²) in [6.45, 7) is 1.38. The normalized spacial score (nSPS) is 16.5. The molecule has 1 aliphatic heterocycles. The first kappa shape index (κ1) is 13.6. The Morgan fingerprint density at radius 1 is 1.21 bits per heavy atom. The van der Waals surface area contributed by atoms with Gasteiger partial charge in [0.05, 0.1) is 5.56 Å². The van der Waals surface area contributed by atoms with Gasteiger partial charge in [-0.25, -0.2) is 9.78 Å². The smallest absolute Gasteiger partial charge is 0.418 e. The lowest BCUT2D eigenvalue weighted by molar-refractivity contribution is -0.138. The highest BCUT2D eigenvalue weighted by molar-refractivity contribution is 5.88. The third-order valence-corrected chi connectivity index (χ3v) is 3.07. The van der Waals surface area contributed by atoms with Gasteiger partial charge in [-0.3, -0.25) is 0 Å². The van der Waals surface area contributed by atoms with Crippen LogP contribution in [0.3, 0.4) is 0 Å². The van der Waals surface area contributed by atoms with Crippen LogP contribution in [0.2, 0.25) is 0 Å². The van der Waals surface area contributed by atoms with E-state index in [0.29, 0.717) is 18.9 Å². The first-order chi connectivity index (χ1) is 8.89. The Morgan fingerprint density at radius 2 is 1.84 bits per heavy atom. The fourth-order valence-electron chi connectivity index (χ4n) is 2.14. The predicted octanol–water partition coefficient (Wildman–Crippen LogP) is 2.79. The number of carbonyl (C=O) groups is 1. The van der Waals surface area contributed by atoms with Crippen LogP contribution in [0, 0.1) is 0 Å². The van der Waals surface area contributed by atoms with Gasteiger partial charge in [0.15, 0.2) is 5.69 Å². The van der Waals surface area contributed by atoms with E-state index in [1.54, 1.807) is 0 Å². The third-order valence-electron chi connectivity index (χ3n) is 3.07. The zero-order valence-corrected chi connectivity index (χ0v) is 10.1. The Labute approximate surface area is 107 Å². The van der Waals surface area contributed by atoms with E-state index >= 15 is 0 Å². The van der Waals surface area contributed by atoms with Crippen molar-refractivity contribution in [2.24, 2.45) is 0 Å². The number of carboxylic acids is 1. The first-order valence-electron chi connectivity index (χ1n) is 5.96. The molecule has 1 fully saturated rings. The molecule has 19 heavy (non-hydrogen) atoms. The summed E-state index contributed by atoms with van der Waals surface area (Å²) in [4.78, 5) is 16.4. The van der Waals surface area contributed by atoms with E-state index in [0.717, 1.165) is 25.3 Å². The Morgan fingerprint density at radius 3 is 2.37 bits per heavy atom. The number of aromatic nitrogens is 1. The molecule has 0 spiro atoms. The molecule has 1 N–H and O–H groups in total. The molecule has 1 aromatic rings. The summed E-state index contributed by atoms with van der Waals surface area (Å²) in [6, 6.07) is 2.03. The topological polar surface area (TPSA) is 53.4 Å². The third kappa shape index (κ3) is 2.97. The molecule has 0 aliphatic carbocycles. The molecule has 1 aromatic heterocycles. The second kappa shape index (κ2) is 5.07. The number of hydrogen-bond donors (Lipinski definition) is 1. The zero-order chi connectivity index (χ0) is 14.0. The number of rotatable bonds is 2. The van der Waals surface area contributed by atoms with E-state index in [4.69, 9.17) is 5.11 Å². The van der Waals surface area contributed by atoms with E-state index in [1.807, 2.05) is 4.90 Å². The van der Waals surface area contributed by atoms with E-state index in [1.165, 1.54) is 6.07 Å². The monoisotopic (exact) mass is 274 g/mol. The van der Waals surface area contributed by atoms with Crippen molar-refractivity contribution >= 4 is 11.8 Å². The molecular weight excluding hydrogens is 261 g/mol. The molecule has 0 radical (unpaired) electrons. The van der Waals surface area contributed by atoms with Gasteiger partial charge in [-0.2, -0.15) is 13.2 Å².